The van der Waals surface area contributed by atoms with Crippen LogP contribution in [0.15, 0.2) is 18.2 Å². The number of methoxy groups -OCH3 is 1. The molecule has 1 fully saturated rings. The fraction of sp³-hybridized carbons (Fsp3) is 0.500. The van der Waals surface area contributed by atoms with E-state index >= 15 is 0 Å². The van der Waals surface area contributed by atoms with Crippen LogP contribution >= 0.6 is 22.6 Å². The number of hydrogen-bond acceptors (Lipinski definition) is 3. The predicted octanol–water partition coefficient (Wildman–Crippen LogP) is 3.61. The van der Waals surface area contributed by atoms with Crippen molar-refractivity contribution in [1.82, 2.24) is 0 Å². The highest BCUT2D eigenvalue weighted by molar-refractivity contribution is 14.1. The van der Waals surface area contributed by atoms with E-state index in [0.717, 1.165) is 22.3 Å². The van der Waals surface area contributed by atoms with Gasteiger partial charge in [0, 0.05) is 16.7 Å². The number of nitrogens with zero attached hydrogens (tertiary/aromatic N) is 1. The van der Waals surface area contributed by atoms with Gasteiger partial charge in [0.25, 0.3) is 0 Å². The van der Waals surface area contributed by atoms with Gasteiger partial charge in [-0.05, 0) is 52.9 Å². The maximum Gasteiger partial charge on any atom is 0.339 e. The molecule has 0 N–H and O–H groups in total. The third kappa shape index (κ3) is 3.50. The average Bonchev–Trinajstić information content (AvgIpc) is 2.38. The molecule has 19 heavy (non-hydrogen) atoms. The topological polar surface area (TPSA) is 29.5 Å². The average molecular weight is 389 g/mol. The first kappa shape index (κ1) is 14.8. The summed E-state index contributed by atoms with van der Waals surface area (Å²) >= 11 is 2.29. The Morgan fingerprint density at radius 1 is 1.32 bits per heavy atom. The van der Waals surface area contributed by atoms with Crippen molar-refractivity contribution in [2.45, 2.75) is 25.2 Å². The first-order valence-corrected chi connectivity index (χ1v) is 11.0. The van der Waals surface area contributed by atoms with Gasteiger partial charge >= 0.3 is 5.97 Å². The molecule has 0 atom stereocenters. The van der Waals surface area contributed by atoms with Crippen LogP contribution in [0.3, 0.4) is 0 Å². The summed E-state index contributed by atoms with van der Waals surface area (Å²) in [5, 5.41) is 0. The van der Waals surface area contributed by atoms with Gasteiger partial charge in [-0.15, -0.1) is 0 Å². The van der Waals surface area contributed by atoms with E-state index in [0.29, 0.717) is 5.56 Å². The van der Waals surface area contributed by atoms with Crippen molar-refractivity contribution < 1.29 is 9.53 Å². The zero-order valence-electron chi connectivity index (χ0n) is 11.7. The smallest absolute Gasteiger partial charge is 0.339 e. The number of carbonyl (C=O) groups excluding carboxylic acids is 1. The van der Waals surface area contributed by atoms with Crippen LogP contribution in [0.5, 0.6) is 0 Å². The second kappa shape index (κ2) is 5.83. The summed E-state index contributed by atoms with van der Waals surface area (Å²) in [5.74, 6) is -0.242. The van der Waals surface area contributed by atoms with Gasteiger partial charge in [0.15, 0.2) is 0 Å². The third-order valence-corrected chi connectivity index (χ3v) is 7.65. The summed E-state index contributed by atoms with van der Waals surface area (Å²) in [7, 11) is 0.449. The molecule has 0 unspecified atom stereocenters. The molecular formula is C14H20INO2Si. The monoisotopic (exact) mass is 389 g/mol. The maximum atomic E-state index is 11.9. The van der Waals surface area contributed by atoms with Gasteiger partial charge in [-0.2, -0.15) is 0 Å². The Bertz CT molecular complexity index is 480. The van der Waals surface area contributed by atoms with Crippen LogP contribution < -0.4 is 4.90 Å². The number of rotatable bonds is 2. The van der Waals surface area contributed by atoms with E-state index in [1.54, 1.807) is 0 Å². The van der Waals surface area contributed by atoms with Crippen LogP contribution in [-0.4, -0.2) is 34.2 Å². The quantitative estimate of drug-likeness (QED) is 0.440. The van der Waals surface area contributed by atoms with E-state index in [-0.39, 0.29) is 5.97 Å². The largest absolute Gasteiger partial charge is 0.465 e. The van der Waals surface area contributed by atoms with Gasteiger partial charge in [0.1, 0.15) is 0 Å². The van der Waals surface area contributed by atoms with Gasteiger partial charge < -0.3 is 9.64 Å². The standard InChI is InChI=1S/C14H20INO2Si/c1-18-14(17)12-5-4-11(15)10-13(12)16-6-8-19(2,3)9-7-16/h4-5,10H,6-9H2,1-3H3. The number of esters is 1. The lowest BCUT2D eigenvalue weighted by Crippen LogP contribution is -2.43. The Morgan fingerprint density at radius 2 is 1.95 bits per heavy atom. The highest BCUT2D eigenvalue weighted by Crippen LogP contribution is 2.30. The molecule has 3 nitrogen and oxygen atoms in total. The molecule has 1 aliphatic heterocycles. The van der Waals surface area contributed by atoms with Crippen LogP contribution in [0.25, 0.3) is 0 Å². The SMILES string of the molecule is COC(=O)c1ccc(I)cc1N1CC[Si](C)(C)CC1. The zero-order valence-corrected chi connectivity index (χ0v) is 14.9. The van der Waals surface area contributed by atoms with Crippen LogP contribution in [0.1, 0.15) is 10.4 Å². The van der Waals surface area contributed by atoms with Crippen LogP contribution in [-0.2, 0) is 4.74 Å². The normalized spacial score (nSPS) is 18.2. The highest BCUT2D eigenvalue weighted by atomic mass is 127. The molecule has 0 bridgehead atoms. The number of hydrogen-bond donors (Lipinski definition) is 0. The molecule has 1 aromatic rings. The lowest BCUT2D eigenvalue weighted by Gasteiger charge is -2.37. The molecule has 2 rings (SSSR count). The number of benzene rings is 1. The highest BCUT2D eigenvalue weighted by Gasteiger charge is 2.29. The number of ether oxygens (including phenoxy) is 1. The van der Waals surface area contributed by atoms with Gasteiger partial charge in [-0.3, -0.25) is 0 Å². The first-order chi connectivity index (χ1) is 8.93. The molecule has 1 heterocycles. The molecule has 5 heteroatoms. The summed E-state index contributed by atoms with van der Waals surface area (Å²) in [6.45, 7) is 7.01. The summed E-state index contributed by atoms with van der Waals surface area (Å²) in [4.78, 5) is 14.2. The fourth-order valence-electron chi connectivity index (χ4n) is 2.40. The van der Waals surface area contributed by atoms with Crippen molar-refractivity contribution in [3.8, 4) is 0 Å². The van der Waals surface area contributed by atoms with Crippen molar-refractivity contribution in [2.24, 2.45) is 0 Å². The predicted molar refractivity (Wildman–Crippen MR) is 89.8 cm³/mol. The lowest BCUT2D eigenvalue weighted by atomic mass is 10.1. The first-order valence-electron chi connectivity index (χ1n) is 6.56. The number of anilines is 1. The van der Waals surface area contributed by atoms with E-state index in [1.165, 1.54) is 19.2 Å². The number of halogens is 1. The molecular weight excluding hydrogens is 369 g/mol. The Kier molecular flexibility index (Phi) is 4.55. The van der Waals surface area contributed by atoms with Crippen LogP contribution in [0.2, 0.25) is 25.2 Å². The molecule has 0 spiro atoms. The third-order valence-electron chi connectivity index (χ3n) is 3.82. The second-order valence-corrected chi connectivity index (χ2v) is 12.4. The maximum absolute atomic E-state index is 11.9. The molecule has 104 valence electrons. The molecule has 1 saturated heterocycles. The molecule has 0 radical (unpaired) electrons. The summed E-state index contributed by atoms with van der Waals surface area (Å²) < 4.78 is 6.04. The van der Waals surface area contributed by atoms with Gasteiger partial charge in [0.2, 0.25) is 0 Å². The molecule has 0 aliphatic carbocycles. The van der Waals surface area contributed by atoms with Crippen molar-refractivity contribution in [2.75, 3.05) is 25.1 Å². The van der Waals surface area contributed by atoms with Gasteiger partial charge in [-0.1, -0.05) is 13.1 Å². The fourth-order valence-corrected chi connectivity index (χ4v) is 4.88. The minimum Gasteiger partial charge on any atom is -0.465 e. The van der Waals surface area contributed by atoms with E-state index in [1.807, 2.05) is 12.1 Å². The minimum atomic E-state index is -0.991. The van der Waals surface area contributed by atoms with Crippen molar-refractivity contribution in [1.29, 1.82) is 0 Å². The summed E-state index contributed by atoms with van der Waals surface area (Å²) in [5.41, 5.74) is 1.72. The number of carbonyl (C=O) groups is 1. The molecule has 0 amide bonds. The molecule has 1 aliphatic rings. The van der Waals surface area contributed by atoms with Gasteiger partial charge in [-0.25, -0.2) is 4.79 Å². The van der Waals surface area contributed by atoms with Crippen molar-refractivity contribution in [3.63, 3.8) is 0 Å². The molecule has 1 aromatic carbocycles. The summed E-state index contributed by atoms with van der Waals surface area (Å²) in [6.07, 6.45) is 0. The van der Waals surface area contributed by atoms with E-state index in [4.69, 9.17) is 4.74 Å². The van der Waals surface area contributed by atoms with E-state index in [9.17, 15) is 4.79 Å². The van der Waals surface area contributed by atoms with Crippen LogP contribution in [0, 0.1) is 3.57 Å². The van der Waals surface area contributed by atoms with E-state index < -0.39 is 8.07 Å². The minimum absolute atomic E-state index is 0.242. The second-order valence-electron chi connectivity index (χ2n) is 5.80. The lowest BCUT2D eigenvalue weighted by molar-refractivity contribution is 0.0601. The van der Waals surface area contributed by atoms with Crippen LogP contribution in [0.4, 0.5) is 5.69 Å². The van der Waals surface area contributed by atoms with Gasteiger partial charge in [0.05, 0.1) is 26.4 Å². The van der Waals surface area contributed by atoms with Crippen molar-refractivity contribution in [3.05, 3.63) is 27.3 Å². The Hall–Kier alpha value is -0.563. The Labute approximate surface area is 129 Å². The summed E-state index contributed by atoms with van der Waals surface area (Å²) in [6, 6.07) is 8.50. The van der Waals surface area contributed by atoms with Crippen molar-refractivity contribution >= 4 is 42.3 Å². The molecule has 0 aromatic heterocycles. The zero-order chi connectivity index (χ0) is 14.0. The Morgan fingerprint density at radius 3 is 2.53 bits per heavy atom. The Balaban J connectivity index is 2.28. The molecule has 0 saturated carbocycles. The van der Waals surface area contributed by atoms with E-state index in [2.05, 4.69) is 46.7 Å².